The van der Waals surface area contributed by atoms with Crippen molar-refractivity contribution >= 4 is 29.0 Å². The van der Waals surface area contributed by atoms with E-state index < -0.39 is 5.82 Å². The summed E-state index contributed by atoms with van der Waals surface area (Å²) < 4.78 is 14.9. The van der Waals surface area contributed by atoms with E-state index in [1.165, 1.54) is 17.5 Å². The number of rotatable bonds is 4. The van der Waals surface area contributed by atoms with E-state index in [1.54, 1.807) is 11.0 Å². The Bertz CT molecular complexity index is 1250. The second-order valence-corrected chi connectivity index (χ2v) is 10.9. The molecule has 0 radical (unpaired) electrons. The van der Waals surface area contributed by atoms with Crippen LogP contribution in [0.3, 0.4) is 0 Å². The first-order chi connectivity index (χ1) is 17.0. The Hall–Kier alpha value is -2.98. The molecular weight excluding hydrogens is 465 g/mol. The van der Waals surface area contributed by atoms with Gasteiger partial charge in [-0.15, -0.1) is 16.4 Å². The minimum atomic E-state index is -0.511. The fourth-order valence-electron chi connectivity index (χ4n) is 5.76. The lowest BCUT2D eigenvalue weighted by molar-refractivity contribution is 0.0728. The average molecular weight is 494 g/mol. The highest BCUT2D eigenvalue weighted by Crippen LogP contribution is 2.50. The Balaban J connectivity index is 1.28. The summed E-state index contributed by atoms with van der Waals surface area (Å²) in [5, 5.41) is 15.1. The molecule has 0 aromatic carbocycles. The number of anilines is 2. The van der Waals surface area contributed by atoms with Gasteiger partial charge in [-0.1, -0.05) is 12.8 Å². The van der Waals surface area contributed by atoms with E-state index in [0.717, 1.165) is 68.7 Å². The lowest BCUT2D eigenvalue weighted by Crippen LogP contribution is -2.45. The van der Waals surface area contributed by atoms with Crippen molar-refractivity contribution in [3.63, 3.8) is 0 Å². The number of aromatic nitrogens is 4. The molecule has 5 heterocycles. The molecule has 8 nitrogen and oxygen atoms in total. The highest BCUT2D eigenvalue weighted by atomic mass is 32.1. The highest BCUT2D eigenvalue weighted by Gasteiger charge is 2.45. The van der Waals surface area contributed by atoms with Gasteiger partial charge in [0.2, 0.25) is 5.95 Å². The molecule has 1 spiro atoms. The van der Waals surface area contributed by atoms with E-state index in [0.29, 0.717) is 22.2 Å². The summed E-state index contributed by atoms with van der Waals surface area (Å²) in [5.74, 6) is 0.657. The van der Waals surface area contributed by atoms with Crippen LogP contribution in [0.15, 0.2) is 24.4 Å². The Morgan fingerprint density at radius 2 is 2.00 bits per heavy atom. The second kappa shape index (κ2) is 8.91. The minimum absolute atomic E-state index is 0.00283. The van der Waals surface area contributed by atoms with Crippen LogP contribution in [0, 0.1) is 5.82 Å². The number of halogens is 1. The molecule has 1 saturated heterocycles. The number of carbonyl (C=O) groups is 1. The smallest absolute Gasteiger partial charge is 0.254 e. The monoisotopic (exact) mass is 493 g/mol. The van der Waals surface area contributed by atoms with Crippen LogP contribution < -0.4 is 10.6 Å². The molecule has 6 rings (SSSR count). The summed E-state index contributed by atoms with van der Waals surface area (Å²) in [6, 6.07) is 5.64. The summed E-state index contributed by atoms with van der Waals surface area (Å²) in [7, 11) is 1.85. The lowest BCUT2D eigenvalue weighted by Gasteiger charge is -2.38. The molecule has 0 atom stereocenters. The first-order valence-corrected chi connectivity index (χ1v) is 13.1. The molecular formula is C25H28FN7OS. The van der Waals surface area contributed by atoms with E-state index >= 15 is 0 Å². The van der Waals surface area contributed by atoms with Crippen LogP contribution in [-0.2, 0) is 5.41 Å². The maximum absolute atomic E-state index is 14.9. The number of piperidine rings is 1. The molecule has 3 aromatic rings. The molecule has 2 fully saturated rings. The van der Waals surface area contributed by atoms with Crippen molar-refractivity contribution in [3.8, 4) is 10.6 Å². The van der Waals surface area contributed by atoms with Crippen LogP contribution in [0.1, 0.15) is 65.4 Å². The number of thiophene rings is 1. The molecule has 182 valence electrons. The van der Waals surface area contributed by atoms with Gasteiger partial charge in [-0.2, -0.15) is 5.10 Å². The maximum atomic E-state index is 14.9. The van der Waals surface area contributed by atoms with E-state index in [9.17, 15) is 9.18 Å². The molecule has 2 aliphatic heterocycles. The van der Waals surface area contributed by atoms with Gasteiger partial charge in [0.15, 0.2) is 11.6 Å². The summed E-state index contributed by atoms with van der Waals surface area (Å²) in [4.78, 5) is 25.0. The number of nitrogens with one attached hydrogen (secondary N) is 2. The van der Waals surface area contributed by atoms with Crippen molar-refractivity contribution in [1.82, 2.24) is 30.4 Å². The van der Waals surface area contributed by atoms with Crippen molar-refractivity contribution in [2.45, 2.75) is 49.9 Å². The van der Waals surface area contributed by atoms with Gasteiger partial charge in [-0.3, -0.25) is 4.79 Å². The molecule has 0 bridgehead atoms. The van der Waals surface area contributed by atoms with Crippen molar-refractivity contribution < 1.29 is 9.18 Å². The molecule has 3 aliphatic rings. The average Bonchev–Trinajstić information content (AvgIpc) is 3.54. The van der Waals surface area contributed by atoms with E-state index in [4.69, 9.17) is 0 Å². The summed E-state index contributed by atoms with van der Waals surface area (Å²) in [6.45, 7) is 2.71. The Kier molecular flexibility index (Phi) is 5.72. The van der Waals surface area contributed by atoms with Gasteiger partial charge in [0.05, 0.1) is 22.3 Å². The summed E-state index contributed by atoms with van der Waals surface area (Å²) in [5.41, 5.74) is 1.85. The summed E-state index contributed by atoms with van der Waals surface area (Å²) >= 11 is 1.50. The standard InChI is InChI=1S/C25H28FN7OS/c1-33-14-25(8-2-3-9-25)22-16(23(33)34)12-19(35-22)21-17(26)13-28-24(30-21)29-20-5-4-18(31-32-20)15-6-10-27-11-7-15/h4-5,12-13,15,27H,2-3,6-11,14H2,1H3,(H,28,29,30,32). The van der Waals surface area contributed by atoms with Crippen LogP contribution in [0.4, 0.5) is 16.2 Å². The second-order valence-electron chi connectivity index (χ2n) is 9.88. The predicted molar refractivity (Wildman–Crippen MR) is 133 cm³/mol. The normalized spacial score (nSPS) is 19.8. The third kappa shape index (κ3) is 4.08. The lowest BCUT2D eigenvalue weighted by atomic mass is 9.79. The molecule has 1 amide bonds. The zero-order valence-electron chi connectivity index (χ0n) is 19.7. The predicted octanol–water partition coefficient (Wildman–Crippen LogP) is 4.24. The van der Waals surface area contributed by atoms with Crippen LogP contribution in [-0.4, -0.2) is 57.7 Å². The molecule has 10 heteroatoms. The Morgan fingerprint density at radius 1 is 1.20 bits per heavy atom. The first-order valence-electron chi connectivity index (χ1n) is 12.3. The molecule has 1 saturated carbocycles. The van der Waals surface area contributed by atoms with E-state index in [1.807, 2.05) is 19.2 Å². The van der Waals surface area contributed by atoms with Crippen LogP contribution in [0.25, 0.3) is 10.6 Å². The van der Waals surface area contributed by atoms with Crippen molar-refractivity contribution in [3.05, 3.63) is 46.3 Å². The fraction of sp³-hybridized carbons (Fsp3) is 0.480. The van der Waals surface area contributed by atoms with Crippen molar-refractivity contribution in [1.29, 1.82) is 0 Å². The van der Waals surface area contributed by atoms with Gasteiger partial charge in [0.25, 0.3) is 5.91 Å². The van der Waals surface area contributed by atoms with E-state index in [2.05, 4.69) is 30.8 Å². The first kappa shape index (κ1) is 22.5. The van der Waals surface area contributed by atoms with Gasteiger partial charge in [-0.05, 0) is 57.0 Å². The Labute approximate surface area is 207 Å². The zero-order chi connectivity index (χ0) is 24.0. The molecule has 3 aromatic heterocycles. The zero-order valence-corrected chi connectivity index (χ0v) is 20.5. The van der Waals surface area contributed by atoms with Crippen molar-refractivity contribution in [2.75, 3.05) is 32.0 Å². The van der Waals surface area contributed by atoms with Crippen LogP contribution in [0.2, 0.25) is 0 Å². The number of nitrogens with zero attached hydrogens (tertiary/aromatic N) is 5. The number of likely N-dealkylation sites (N-methyl/N-ethyl adjacent to an activating group) is 1. The third-order valence-electron chi connectivity index (χ3n) is 7.55. The number of hydrogen-bond acceptors (Lipinski definition) is 8. The topological polar surface area (TPSA) is 95.9 Å². The van der Waals surface area contributed by atoms with Crippen LogP contribution in [0.5, 0.6) is 0 Å². The fourth-order valence-corrected chi connectivity index (χ4v) is 7.14. The van der Waals surface area contributed by atoms with Gasteiger partial charge >= 0.3 is 0 Å². The summed E-state index contributed by atoms with van der Waals surface area (Å²) in [6.07, 6.45) is 7.70. The SMILES string of the molecule is CN1CC2(CCCC2)c2sc(-c3nc(Nc4ccc(C5CCNCC5)nn4)ncc3F)cc2C1=O. The van der Waals surface area contributed by atoms with Crippen molar-refractivity contribution in [2.24, 2.45) is 0 Å². The van der Waals surface area contributed by atoms with Gasteiger partial charge in [0, 0.05) is 29.8 Å². The van der Waals surface area contributed by atoms with E-state index in [-0.39, 0.29) is 23.0 Å². The molecule has 1 aliphatic carbocycles. The molecule has 0 unspecified atom stereocenters. The molecule has 2 N–H and O–H groups in total. The minimum Gasteiger partial charge on any atom is -0.341 e. The molecule has 35 heavy (non-hydrogen) atoms. The third-order valence-corrected chi connectivity index (χ3v) is 8.94. The number of amides is 1. The highest BCUT2D eigenvalue weighted by molar-refractivity contribution is 7.16. The number of hydrogen-bond donors (Lipinski definition) is 2. The quantitative estimate of drug-likeness (QED) is 0.561. The number of carbonyl (C=O) groups excluding carboxylic acids is 1. The van der Waals surface area contributed by atoms with Crippen LogP contribution >= 0.6 is 11.3 Å². The van der Waals surface area contributed by atoms with Gasteiger partial charge < -0.3 is 15.5 Å². The number of fused-ring (bicyclic) bond motifs is 2. The van der Waals surface area contributed by atoms with Gasteiger partial charge in [0.1, 0.15) is 5.69 Å². The largest absolute Gasteiger partial charge is 0.341 e. The van der Waals surface area contributed by atoms with Gasteiger partial charge in [-0.25, -0.2) is 14.4 Å². The maximum Gasteiger partial charge on any atom is 0.254 e. The Morgan fingerprint density at radius 3 is 2.74 bits per heavy atom.